The highest BCUT2D eigenvalue weighted by atomic mass is 16.7. The summed E-state index contributed by atoms with van der Waals surface area (Å²) in [6.45, 7) is 2.20. The first kappa shape index (κ1) is 35.0. The third kappa shape index (κ3) is 7.42. The summed E-state index contributed by atoms with van der Waals surface area (Å²) in [7, 11) is 0. The summed E-state index contributed by atoms with van der Waals surface area (Å²) in [4.78, 5) is 17.0. The van der Waals surface area contributed by atoms with Gasteiger partial charge in [0, 0.05) is 19.0 Å². The van der Waals surface area contributed by atoms with Crippen LogP contribution in [-0.2, 0) is 23.7 Å². The molecule has 4 fully saturated rings. The van der Waals surface area contributed by atoms with Gasteiger partial charge < -0.3 is 88.9 Å². The van der Waals surface area contributed by atoms with Gasteiger partial charge in [0.2, 0.25) is 0 Å². The molecule has 0 bridgehead atoms. The molecule has 2 saturated heterocycles. The van der Waals surface area contributed by atoms with E-state index in [0.717, 1.165) is 0 Å². The maximum atomic E-state index is 13.1. The lowest BCUT2D eigenvalue weighted by Crippen LogP contribution is -2.69. The molecule has 2 aliphatic heterocycles. The van der Waals surface area contributed by atoms with Crippen LogP contribution >= 0.6 is 0 Å². The standard InChI is InChI=1S/C25H48N8O11/c1-2-31-6-12-11(35)4-9(27)21(41-12)43-19-8(26)3-10(32-23(39)25(40)5-14(25)33-24(29)30)20(18(19)38)44-22-17(37)15(28)16(36)13(7-34)42-22/h8-22,31,34-38,40H,2-7,26-28H2,1H3,(H,32,39)(H4,29,30,33)/t8-,9+,10+,11-,12+,13+,14?,15-,16+,17+,18-,19?,20-,21+,22+,25?/m0/s1. The van der Waals surface area contributed by atoms with Gasteiger partial charge in [-0.05, 0) is 19.4 Å². The van der Waals surface area contributed by atoms with Crippen molar-refractivity contribution in [1.29, 1.82) is 0 Å². The van der Waals surface area contributed by atoms with Crippen LogP contribution < -0.4 is 39.3 Å². The van der Waals surface area contributed by atoms with E-state index in [1.165, 1.54) is 0 Å². The number of aliphatic imine (C=N–C) groups is 1. The summed E-state index contributed by atoms with van der Waals surface area (Å²) >= 11 is 0. The molecule has 19 heteroatoms. The van der Waals surface area contributed by atoms with Crippen LogP contribution in [-0.4, -0.2) is 159 Å². The number of nitrogens with zero attached hydrogens (tertiary/aromatic N) is 1. The number of ether oxygens (including phenoxy) is 4. The van der Waals surface area contributed by atoms with Crippen LogP contribution in [0.1, 0.15) is 26.2 Å². The molecule has 2 saturated carbocycles. The molecule has 44 heavy (non-hydrogen) atoms. The van der Waals surface area contributed by atoms with Crippen molar-refractivity contribution in [3.63, 3.8) is 0 Å². The smallest absolute Gasteiger partial charge is 0.254 e. The van der Waals surface area contributed by atoms with E-state index in [2.05, 4.69) is 15.6 Å². The second kappa shape index (κ2) is 14.3. The summed E-state index contributed by atoms with van der Waals surface area (Å²) in [5.41, 5.74) is 27.4. The Hall–Kier alpha value is -1.82. The van der Waals surface area contributed by atoms with Crippen LogP contribution in [0, 0.1) is 0 Å². The van der Waals surface area contributed by atoms with E-state index in [1.807, 2.05) is 6.92 Å². The molecule has 19 nitrogen and oxygen atoms in total. The molecular formula is C25H48N8O11. The van der Waals surface area contributed by atoms with Gasteiger partial charge in [0.15, 0.2) is 24.1 Å². The molecular weight excluding hydrogens is 588 g/mol. The molecule has 254 valence electrons. The van der Waals surface area contributed by atoms with Crippen LogP contribution in [0.2, 0.25) is 0 Å². The lowest BCUT2D eigenvalue weighted by atomic mass is 9.83. The van der Waals surface area contributed by atoms with E-state index in [1.54, 1.807) is 0 Å². The number of hydrogen-bond donors (Lipinski definition) is 13. The summed E-state index contributed by atoms with van der Waals surface area (Å²) in [6, 6.07) is -4.94. The number of aliphatic hydroxyl groups is 6. The lowest BCUT2D eigenvalue weighted by Gasteiger charge is -2.48. The van der Waals surface area contributed by atoms with Crippen molar-refractivity contribution in [3.8, 4) is 0 Å². The number of rotatable bonds is 11. The second-order valence-electron chi connectivity index (χ2n) is 12.0. The fourth-order valence-corrected chi connectivity index (χ4v) is 5.89. The monoisotopic (exact) mass is 636 g/mol. The Morgan fingerprint density at radius 1 is 0.955 bits per heavy atom. The van der Waals surface area contributed by atoms with E-state index in [9.17, 15) is 35.4 Å². The summed E-state index contributed by atoms with van der Waals surface area (Å²) < 4.78 is 23.5. The third-order valence-electron chi connectivity index (χ3n) is 8.64. The molecule has 1 amide bonds. The third-order valence-corrected chi connectivity index (χ3v) is 8.64. The van der Waals surface area contributed by atoms with Crippen LogP contribution in [0.3, 0.4) is 0 Å². The predicted molar refractivity (Wildman–Crippen MR) is 151 cm³/mol. The molecule has 3 unspecified atom stereocenters. The van der Waals surface area contributed by atoms with E-state index in [-0.39, 0.29) is 25.2 Å². The molecule has 0 spiro atoms. The van der Waals surface area contributed by atoms with Crippen LogP contribution in [0.25, 0.3) is 0 Å². The molecule has 0 aromatic rings. The van der Waals surface area contributed by atoms with Crippen molar-refractivity contribution in [3.05, 3.63) is 0 Å². The number of guanidine groups is 1. The molecule has 2 heterocycles. The maximum absolute atomic E-state index is 13.1. The number of hydrogen-bond acceptors (Lipinski definition) is 16. The highest BCUT2D eigenvalue weighted by Gasteiger charge is 2.61. The number of carbonyl (C=O) groups is 1. The zero-order valence-electron chi connectivity index (χ0n) is 24.5. The summed E-state index contributed by atoms with van der Waals surface area (Å²) in [5.74, 6) is -1.16. The van der Waals surface area contributed by atoms with Gasteiger partial charge in [-0.1, -0.05) is 6.92 Å². The molecule has 0 aromatic carbocycles. The predicted octanol–water partition coefficient (Wildman–Crippen LogP) is -7.71. The summed E-state index contributed by atoms with van der Waals surface area (Å²) in [5, 5.41) is 69.1. The Balaban J connectivity index is 1.55. The summed E-state index contributed by atoms with van der Waals surface area (Å²) in [6.07, 6.45) is -12.5. The highest BCUT2D eigenvalue weighted by molar-refractivity contribution is 5.90. The molecule has 16 atom stereocenters. The van der Waals surface area contributed by atoms with Gasteiger partial charge in [0.25, 0.3) is 5.91 Å². The van der Waals surface area contributed by atoms with Crippen molar-refractivity contribution in [2.45, 2.75) is 123 Å². The van der Waals surface area contributed by atoms with Gasteiger partial charge in [0.05, 0.1) is 43.0 Å². The second-order valence-corrected chi connectivity index (χ2v) is 12.0. The largest absolute Gasteiger partial charge is 0.394 e. The van der Waals surface area contributed by atoms with Crippen LogP contribution in [0.15, 0.2) is 4.99 Å². The van der Waals surface area contributed by atoms with E-state index >= 15 is 0 Å². The molecule has 0 aromatic heterocycles. The van der Waals surface area contributed by atoms with Gasteiger partial charge in [-0.25, -0.2) is 4.99 Å². The molecule has 4 aliphatic rings. The molecule has 0 radical (unpaired) electrons. The van der Waals surface area contributed by atoms with E-state index < -0.39 is 110 Å². The minimum atomic E-state index is -1.92. The van der Waals surface area contributed by atoms with Crippen molar-refractivity contribution < 1.29 is 54.4 Å². The minimum absolute atomic E-state index is 0.0541. The first-order valence-corrected chi connectivity index (χ1v) is 14.8. The van der Waals surface area contributed by atoms with Gasteiger partial charge in [-0.3, -0.25) is 4.79 Å². The molecule has 2 aliphatic carbocycles. The Morgan fingerprint density at radius 3 is 2.25 bits per heavy atom. The number of nitrogens with one attached hydrogen (secondary N) is 2. The number of amides is 1. The Morgan fingerprint density at radius 2 is 1.61 bits per heavy atom. The van der Waals surface area contributed by atoms with E-state index in [0.29, 0.717) is 13.1 Å². The van der Waals surface area contributed by atoms with Gasteiger partial charge in [0.1, 0.15) is 36.6 Å². The van der Waals surface area contributed by atoms with Crippen molar-refractivity contribution in [1.82, 2.24) is 10.6 Å². The fourth-order valence-electron chi connectivity index (χ4n) is 5.89. The quantitative estimate of drug-likeness (QED) is 0.0739. The normalized spacial score (nSPS) is 47.5. The number of aliphatic hydroxyl groups excluding tert-OH is 5. The van der Waals surface area contributed by atoms with Crippen molar-refractivity contribution in [2.24, 2.45) is 33.7 Å². The van der Waals surface area contributed by atoms with Gasteiger partial charge >= 0.3 is 0 Å². The number of likely N-dealkylation sites (N-methyl/N-ethyl adjacent to an activating group) is 1. The Bertz CT molecular complexity index is 1010. The van der Waals surface area contributed by atoms with E-state index in [4.69, 9.17) is 47.6 Å². The maximum Gasteiger partial charge on any atom is 0.254 e. The number of nitrogens with two attached hydrogens (primary N) is 5. The Kier molecular flexibility index (Phi) is 11.4. The fraction of sp³-hybridized carbons (Fsp3) is 0.920. The highest BCUT2D eigenvalue weighted by Crippen LogP contribution is 2.40. The minimum Gasteiger partial charge on any atom is -0.394 e. The van der Waals surface area contributed by atoms with Crippen LogP contribution in [0.4, 0.5) is 0 Å². The topological polar surface area (TPSA) is 342 Å². The van der Waals surface area contributed by atoms with Crippen LogP contribution in [0.5, 0.6) is 0 Å². The van der Waals surface area contributed by atoms with Gasteiger partial charge in [-0.2, -0.15) is 0 Å². The number of carbonyl (C=O) groups excluding carboxylic acids is 1. The molecule has 4 rings (SSSR count). The first-order valence-electron chi connectivity index (χ1n) is 14.8. The first-order chi connectivity index (χ1) is 20.7. The SMILES string of the molecule is CCNC[C@H]1O[C@H](OC2[C@@H](N)C[C@@H](NC(=O)C3(O)CC3N=C(N)N)[C@H](O[C@H]3O[C@H](CO)[C@@H](O)[C@H](N)[C@H]3O)[C@H]2O)[C@H](N)C[C@@H]1O. The molecule has 18 N–H and O–H groups in total. The lowest BCUT2D eigenvalue weighted by molar-refractivity contribution is -0.316. The zero-order chi connectivity index (χ0) is 32.5. The van der Waals surface area contributed by atoms with Gasteiger partial charge in [-0.15, -0.1) is 0 Å². The average Bonchev–Trinajstić information content (AvgIpc) is 3.62. The Labute approximate surface area is 254 Å². The average molecular weight is 637 g/mol. The zero-order valence-corrected chi connectivity index (χ0v) is 24.5. The van der Waals surface area contributed by atoms with Crippen molar-refractivity contribution in [2.75, 3.05) is 19.7 Å². The van der Waals surface area contributed by atoms with Crippen molar-refractivity contribution >= 4 is 11.9 Å².